The van der Waals surface area contributed by atoms with Crippen LogP contribution in [0.3, 0.4) is 0 Å². The summed E-state index contributed by atoms with van der Waals surface area (Å²) in [5.74, 6) is -2.65. The first-order valence-electron chi connectivity index (χ1n) is 6.83. The molecule has 0 atom stereocenters. The Bertz CT molecular complexity index is 723. The Morgan fingerprint density at radius 3 is 2.17 bits per heavy atom. The molecule has 1 heterocycles. The molecule has 3 rings (SSSR count). The van der Waals surface area contributed by atoms with Crippen LogP contribution in [0.1, 0.15) is 24.0 Å². The number of benzene rings is 1. The smallest absolute Gasteiger partial charge is 0.347 e. The molecule has 1 fully saturated rings. The Balaban J connectivity index is 1.94. The fraction of sp³-hybridized carbons (Fsp3) is 0.333. The summed E-state index contributed by atoms with van der Waals surface area (Å²) >= 11 is 0. The van der Waals surface area contributed by atoms with Gasteiger partial charge in [-0.25, -0.2) is 9.97 Å². The van der Waals surface area contributed by atoms with E-state index in [4.69, 9.17) is 0 Å². The number of hydrogen-bond acceptors (Lipinski definition) is 3. The van der Waals surface area contributed by atoms with Crippen molar-refractivity contribution in [2.75, 3.05) is 11.9 Å². The molecule has 0 unspecified atom stereocenters. The Kier molecular flexibility index (Phi) is 3.50. The van der Waals surface area contributed by atoms with Crippen molar-refractivity contribution < 1.29 is 22.0 Å². The van der Waals surface area contributed by atoms with Gasteiger partial charge in [-0.05, 0) is 30.5 Å². The summed E-state index contributed by atoms with van der Waals surface area (Å²) < 4.78 is 65.0. The molecule has 23 heavy (non-hydrogen) atoms. The normalized spacial score (nSPS) is 16.3. The molecular formula is C15H12F5N3. The minimum absolute atomic E-state index is 0.213. The lowest BCUT2D eigenvalue weighted by molar-refractivity contribution is -0.137. The van der Waals surface area contributed by atoms with Crippen LogP contribution in [-0.4, -0.2) is 17.0 Å². The topological polar surface area (TPSA) is 29.0 Å². The first-order chi connectivity index (χ1) is 10.8. The Hall–Kier alpha value is -2.25. The van der Waals surface area contributed by atoms with Gasteiger partial charge in [-0.3, -0.25) is 0 Å². The second-order valence-electron chi connectivity index (χ2n) is 5.47. The van der Waals surface area contributed by atoms with Gasteiger partial charge in [-0.15, -0.1) is 0 Å². The van der Waals surface area contributed by atoms with E-state index in [1.54, 1.807) is 0 Å². The molecule has 3 nitrogen and oxygen atoms in total. The van der Waals surface area contributed by atoms with Crippen molar-refractivity contribution in [3.05, 3.63) is 53.5 Å². The summed E-state index contributed by atoms with van der Waals surface area (Å²) in [7, 11) is 1.54. The van der Waals surface area contributed by atoms with Crippen LogP contribution in [0, 0.1) is 11.8 Å². The third-order valence-corrected chi connectivity index (χ3v) is 4.16. The van der Waals surface area contributed by atoms with Crippen LogP contribution in [0.5, 0.6) is 0 Å². The predicted octanol–water partition coefficient (Wildman–Crippen LogP) is 3.90. The SMILES string of the molecule is CN(c1ncnc(F)c1F)C1(c2ccc(C(F)(F)F)cc2)CC1. The fourth-order valence-corrected chi connectivity index (χ4v) is 2.68. The number of nitrogens with zero attached hydrogens (tertiary/aromatic N) is 3. The number of anilines is 1. The van der Waals surface area contributed by atoms with Gasteiger partial charge >= 0.3 is 6.18 Å². The van der Waals surface area contributed by atoms with Gasteiger partial charge in [0.2, 0.25) is 5.82 Å². The Morgan fingerprint density at radius 2 is 1.65 bits per heavy atom. The van der Waals surface area contributed by atoms with Gasteiger partial charge in [0, 0.05) is 7.05 Å². The van der Waals surface area contributed by atoms with Crippen LogP contribution in [-0.2, 0) is 11.7 Å². The monoisotopic (exact) mass is 329 g/mol. The number of hydrogen-bond donors (Lipinski definition) is 0. The second-order valence-corrected chi connectivity index (χ2v) is 5.47. The van der Waals surface area contributed by atoms with Crippen LogP contribution in [0.15, 0.2) is 30.6 Å². The zero-order valence-corrected chi connectivity index (χ0v) is 12.0. The van der Waals surface area contributed by atoms with Gasteiger partial charge in [0.1, 0.15) is 6.33 Å². The van der Waals surface area contributed by atoms with Crippen LogP contribution >= 0.6 is 0 Å². The maximum Gasteiger partial charge on any atom is 0.416 e. The van der Waals surface area contributed by atoms with Gasteiger partial charge in [0.05, 0.1) is 11.1 Å². The highest BCUT2D eigenvalue weighted by molar-refractivity contribution is 5.49. The quantitative estimate of drug-likeness (QED) is 0.632. The van der Waals surface area contributed by atoms with Crippen molar-refractivity contribution in [2.24, 2.45) is 0 Å². The third-order valence-electron chi connectivity index (χ3n) is 4.16. The number of aromatic nitrogens is 2. The summed E-state index contributed by atoms with van der Waals surface area (Å²) in [4.78, 5) is 8.33. The standard InChI is InChI=1S/C15H12F5N3/c1-23(13-11(16)12(17)21-8-22-13)14(6-7-14)9-2-4-10(5-3-9)15(18,19)20/h2-5,8H,6-7H2,1H3. The largest absolute Gasteiger partial charge is 0.416 e. The molecule has 0 radical (unpaired) electrons. The highest BCUT2D eigenvalue weighted by Gasteiger charge is 2.49. The molecule has 0 N–H and O–H groups in total. The van der Waals surface area contributed by atoms with E-state index in [9.17, 15) is 22.0 Å². The van der Waals surface area contributed by atoms with E-state index in [1.807, 2.05) is 0 Å². The van der Waals surface area contributed by atoms with E-state index in [1.165, 1.54) is 24.1 Å². The number of halogens is 5. The van der Waals surface area contributed by atoms with Gasteiger partial charge in [-0.2, -0.15) is 22.0 Å². The number of rotatable bonds is 3. The molecule has 1 aliphatic carbocycles. The van der Waals surface area contributed by atoms with Crippen molar-refractivity contribution in [3.63, 3.8) is 0 Å². The van der Waals surface area contributed by atoms with Crippen molar-refractivity contribution in [3.8, 4) is 0 Å². The van der Waals surface area contributed by atoms with E-state index in [-0.39, 0.29) is 5.82 Å². The van der Waals surface area contributed by atoms with Crippen LogP contribution in [0.2, 0.25) is 0 Å². The highest BCUT2D eigenvalue weighted by atomic mass is 19.4. The summed E-state index contributed by atoms with van der Waals surface area (Å²) in [6, 6.07) is 4.70. The summed E-state index contributed by atoms with van der Waals surface area (Å²) in [5, 5.41) is 0. The molecule has 1 saturated carbocycles. The summed E-state index contributed by atoms with van der Waals surface area (Å²) in [6.45, 7) is 0. The fourth-order valence-electron chi connectivity index (χ4n) is 2.68. The number of alkyl halides is 3. The molecule has 8 heteroatoms. The van der Waals surface area contributed by atoms with Crippen molar-refractivity contribution in [2.45, 2.75) is 24.6 Å². The van der Waals surface area contributed by atoms with Gasteiger partial charge in [-0.1, -0.05) is 12.1 Å². The zero-order chi connectivity index (χ0) is 16.8. The van der Waals surface area contributed by atoms with Gasteiger partial charge < -0.3 is 4.90 Å². The van der Waals surface area contributed by atoms with Gasteiger partial charge in [0.25, 0.3) is 5.95 Å². The first kappa shape index (κ1) is 15.6. The summed E-state index contributed by atoms with van der Waals surface area (Å²) in [5.41, 5.74) is -0.823. The van der Waals surface area contributed by atoms with Crippen molar-refractivity contribution >= 4 is 5.82 Å². The maximum absolute atomic E-state index is 13.9. The average molecular weight is 329 g/mol. The zero-order valence-electron chi connectivity index (χ0n) is 12.0. The van der Waals surface area contributed by atoms with Crippen LogP contribution < -0.4 is 4.90 Å². The minimum atomic E-state index is -4.41. The predicted molar refractivity (Wildman–Crippen MR) is 72.7 cm³/mol. The van der Waals surface area contributed by atoms with E-state index >= 15 is 0 Å². The average Bonchev–Trinajstić information content (AvgIpc) is 3.30. The van der Waals surface area contributed by atoms with E-state index in [0.717, 1.165) is 18.5 Å². The molecule has 0 bridgehead atoms. The van der Waals surface area contributed by atoms with Crippen LogP contribution in [0.4, 0.5) is 27.8 Å². The van der Waals surface area contributed by atoms with Gasteiger partial charge in [0.15, 0.2) is 5.82 Å². The molecule has 1 aliphatic rings. The van der Waals surface area contributed by atoms with Crippen LogP contribution in [0.25, 0.3) is 0 Å². The second kappa shape index (κ2) is 5.14. The Morgan fingerprint density at radius 1 is 1.04 bits per heavy atom. The Labute approximate surface area is 128 Å². The molecule has 1 aromatic heterocycles. The third kappa shape index (κ3) is 2.62. The molecule has 2 aromatic rings. The molecule has 0 amide bonds. The first-order valence-corrected chi connectivity index (χ1v) is 6.83. The lowest BCUT2D eigenvalue weighted by Crippen LogP contribution is -2.33. The van der Waals surface area contributed by atoms with E-state index in [0.29, 0.717) is 18.4 Å². The maximum atomic E-state index is 13.9. The summed E-state index contributed by atoms with van der Waals surface area (Å²) in [6.07, 6.45) is -2.28. The molecule has 0 saturated heterocycles. The molecule has 1 aromatic carbocycles. The lowest BCUT2D eigenvalue weighted by Gasteiger charge is -2.30. The molecular weight excluding hydrogens is 317 g/mol. The molecule has 0 spiro atoms. The van der Waals surface area contributed by atoms with E-state index < -0.39 is 29.0 Å². The van der Waals surface area contributed by atoms with Crippen molar-refractivity contribution in [1.29, 1.82) is 0 Å². The lowest BCUT2D eigenvalue weighted by atomic mass is 10.0. The highest BCUT2D eigenvalue weighted by Crippen LogP contribution is 2.52. The minimum Gasteiger partial charge on any atom is -0.347 e. The van der Waals surface area contributed by atoms with E-state index in [2.05, 4.69) is 9.97 Å². The molecule has 0 aliphatic heterocycles. The van der Waals surface area contributed by atoms with Crippen molar-refractivity contribution in [1.82, 2.24) is 9.97 Å². The molecule has 122 valence electrons.